The first-order valence-corrected chi connectivity index (χ1v) is 6.36. The van der Waals surface area contributed by atoms with E-state index in [4.69, 9.17) is 0 Å². The number of nitrogens with zero attached hydrogens (tertiary/aromatic N) is 3. The summed E-state index contributed by atoms with van der Waals surface area (Å²) >= 11 is 0. The number of aromatic nitrogens is 3. The third kappa shape index (κ3) is 2.14. The number of hydrogen-bond donors (Lipinski definition) is 1. The lowest BCUT2D eigenvalue weighted by molar-refractivity contribution is -0.121. The molecule has 0 unspecified atom stereocenters. The minimum Gasteiger partial charge on any atom is -0.358 e. The van der Waals surface area contributed by atoms with Gasteiger partial charge in [-0.2, -0.15) is 0 Å². The Morgan fingerprint density at radius 3 is 2.85 bits per heavy atom. The molecule has 1 amide bonds. The lowest BCUT2D eigenvalue weighted by Crippen LogP contribution is -2.23. The summed E-state index contributed by atoms with van der Waals surface area (Å²) in [6, 6.07) is 11.6. The summed E-state index contributed by atoms with van der Waals surface area (Å²) in [4.78, 5) is 20.5. The number of rotatable bonds is 3. The highest BCUT2D eigenvalue weighted by molar-refractivity contribution is 5.84. The molecule has 20 heavy (non-hydrogen) atoms. The molecule has 0 fully saturated rings. The maximum absolute atomic E-state index is 11.7. The van der Waals surface area contributed by atoms with E-state index in [1.165, 1.54) is 0 Å². The number of amides is 1. The Bertz CT molecular complexity index is 749. The maximum Gasteiger partial charge on any atom is 0.239 e. The van der Waals surface area contributed by atoms with E-state index < -0.39 is 0 Å². The van der Waals surface area contributed by atoms with Crippen LogP contribution >= 0.6 is 0 Å². The molecular weight excluding hydrogens is 252 g/mol. The second-order valence-corrected chi connectivity index (χ2v) is 4.43. The van der Waals surface area contributed by atoms with Crippen LogP contribution in [0.4, 0.5) is 0 Å². The molecule has 0 saturated heterocycles. The fraction of sp³-hybridized carbons (Fsp3) is 0.133. The van der Waals surface area contributed by atoms with Crippen LogP contribution < -0.4 is 5.32 Å². The van der Waals surface area contributed by atoms with Gasteiger partial charge in [0.2, 0.25) is 5.91 Å². The molecule has 0 spiro atoms. The van der Waals surface area contributed by atoms with Crippen molar-refractivity contribution in [3.8, 4) is 11.4 Å². The summed E-state index contributed by atoms with van der Waals surface area (Å²) in [5.74, 6) is 0.696. The number of imidazole rings is 1. The predicted octanol–water partition coefficient (Wildman–Crippen LogP) is 1.84. The minimum atomic E-state index is -0.0571. The van der Waals surface area contributed by atoms with Crippen molar-refractivity contribution in [1.82, 2.24) is 19.9 Å². The molecule has 0 aliphatic carbocycles. The average molecular weight is 266 g/mol. The van der Waals surface area contributed by atoms with E-state index >= 15 is 0 Å². The van der Waals surface area contributed by atoms with Gasteiger partial charge in [0.25, 0.3) is 0 Å². The Morgan fingerprint density at radius 2 is 2.10 bits per heavy atom. The zero-order valence-corrected chi connectivity index (χ0v) is 11.1. The summed E-state index contributed by atoms with van der Waals surface area (Å²) in [6.07, 6.45) is 3.47. The highest BCUT2D eigenvalue weighted by Gasteiger charge is 2.14. The van der Waals surface area contributed by atoms with Crippen LogP contribution in [0, 0.1) is 0 Å². The van der Waals surface area contributed by atoms with Crippen molar-refractivity contribution in [2.75, 3.05) is 7.05 Å². The molecule has 3 rings (SSSR count). The molecule has 1 aromatic carbocycles. The number of pyridine rings is 1. The third-order valence-electron chi connectivity index (χ3n) is 3.15. The lowest BCUT2D eigenvalue weighted by Gasteiger charge is -2.08. The molecule has 1 N–H and O–H groups in total. The maximum atomic E-state index is 11.7. The van der Waals surface area contributed by atoms with Crippen molar-refractivity contribution < 1.29 is 4.79 Å². The summed E-state index contributed by atoms with van der Waals surface area (Å²) in [6.45, 7) is 0.237. The SMILES string of the molecule is CNC(=O)Cn1c(-c2cccnc2)nc2ccccc21. The second-order valence-electron chi connectivity index (χ2n) is 4.43. The van der Waals surface area contributed by atoms with E-state index in [0.717, 1.165) is 22.4 Å². The molecular formula is C15H14N4O. The van der Waals surface area contributed by atoms with Crippen molar-refractivity contribution in [1.29, 1.82) is 0 Å². The fourth-order valence-corrected chi connectivity index (χ4v) is 2.17. The van der Waals surface area contributed by atoms with E-state index in [1.54, 1.807) is 19.4 Å². The van der Waals surface area contributed by atoms with E-state index in [2.05, 4.69) is 15.3 Å². The van der Waals surface area contributed by atoms with Crippen LogP contribution in [-0.4, -0.2) is 27.5 Å². The van der Waals surface area contributed by atoms with E-state index in [9.17, 15) is 4.79 Å². The zero-order chi connectivity index (χ0) is 13.9. The van der Waals surface area contributed by atoms with Crippen LogP contribution in [0.3, 0.4) is 0 Å². The quantitative estimate of drug-likeness (QED) is 0.787. The van der Waals surface area contributed by atoms with Crippen LogP contribution in [0.5, 0.6) is 0 Å². The molecule has 5 heteroatoms. The molecule has 0 aliphatic rings. The highest BCUT2D eigenvalue weighted by atomic mass is 16.1. The van der Waals surface area contributed by atoms with Gasteiger partial charge in [-0.1, -0.05) is 12.1 Å². The van der Waals surface area contributed by atoms with Crippen LogP contribution in [-0.2, 0) is 11.3 Å². The van der Waals surface area contributed by atoms with Gasteiger partial charge in [-0.05, 0) is 24.3 Å². The van der Waals surface area contributed by atoms with Crippen LogP contribution in [0.1, 0.15) is 0 Å². The smallest absolute Gasteiger partial charge is 0.239 e. The number of para-hydroxylation sites is 2. The molecule has 100 valence electrons. The molecule has 0 saturated carbocycles. The highest BCUT2D eigenvalue weighted by Crippen LogP contribution is 2.23. The Morgan fingerprint density at radius 1 is 1.25 bits per heavy atom. The number of benzene rings is 1. The lowest BCUT2D eigenvalue weighted by atomic mass is 10.2. The molecule has 0 bridgehead atoms. The van der Waals surface area contributed by atoms with Gasteiger partial charge in [-0.15, -0.1) is 0 Å². The van der Waals surface area contributed by atoms with Gasteiger partial charge in [0, 0.05) is 25.0 Å². The molecule has 0 radical (unpaired) electrons. The van der Waals surface area contributed by atoms with Crippen LogP contribution in [0.25, 0.3) is 22.4 Å². The molecule has 5 nitrogen and oxygen atoms in total. The second kappa shape index (κ2) is 5.13. The zero-order valence-electron chi connectivity index (χ0n) is 11.1. The van der Waals surface area contributed by atoms with E-state index in [-0.39, 0.29) is 12.5 Å². The fourth-order valence-electron chi connectivity index (χ4n) is 2.17. The number of likely N-dealkylation sites (N-methyl/N-ethyl adjacent to an activating group) is 1. The van der Waals surface area contributed by atoms with Gasteiger partial charge in [-0.25, -0.2) is 4.98 Å². The molecule has 0 atom stereocenters. The normalized spacial score (nSPS) is 10.7. The third-order valence-corrected chi connectivity index (χ3v) is 3.15. The van der Waals surface area contributed by atoms with Crippen molar-refractivity contribution >= 4 is 16.9 Å². The van der Waals surface area contributed by atoms with E-state index in [0.29, 0.717) is 0 Å². The summed E-state index contributed by atoms with van der Waals surface area (Å²) in [7, 11) is 1.63. The molecule has 3 aromatic rings. The molecule has 0 aliphatic heterocycles. The largest absolute Gasteiger partial charge is 0.358 e. The summed E-state index contributed by atoms with van der Waals surface area (Å²) in [5, 5.41) is 2.64. The number of carbonyl (C=O) groups is 1. The van der Waals surface area contributed by atoms with Gasteiger partial charge < -0.3 is 9.88 Å². The first kappa shape index (κ1) is 12.3. The van der Waals surface area contributed by atoms with Gasteiger partial charge in [-0.3, -0.25) is 9.78 Å². The van der Waals surface area contributed by atoms with Gasteiger partial charge >= 0.3 is 0 Å². The van der Waals surface area contributed by atoms with E-state index in [1.807, 2.05) is 41.0 Å². The van der Waals surface area contributed by atoms with Crippen molar-refractivity contribution in [3.05, 3.63) is 48.8 Å². The number of fused-ring (bicyclic) bond motifs is 1. The first-order chi connectivity index (χ1) is 9.79. The van der Waals surface area contributed by atoms with Crippen LogP contribution in [0.2, 0.25) is 0 Å². The first-order valence-electron chi connectivity index (χ1n) is 6.36. The van der Waals surface area contributed by atoms with Gasteiger partial charge in [0.15, 0.2) is 0 Å². The standard InChI is InChI=1S/C15H14N4O/c1-16-14(20)10-19-13-7-3-2-6-12(13)18-15(19)11-5-4-8-17-9-11/h2-9H,10H2,1H3,(H,16,20). The summed E-state index contributed by atoms with van der Waals surface area (Å²) in [5.41, 5.74) is 2.71. The van der Waals surface area contributed by atoms with Crippen molar-refractivity contribution in [2.45, 2.75) is 6.54 Å². The minimum absolute atomic E-state index is 0.0571. The average Bonchev–Trinajstić information content (AvgIpc) is 2.87. The topological polar surface area (TPSA) is 59.8 Å². The van der Waals surface area contributed by atoms with Gasteiger partial charge in [0.1, 0.15) is 12.4 Å². The van der Waals surface area contributed by atoms with Crippen molar-refractivity contribution in [3.63, 3.8) is 0 Å². The molecule has 2 heterocycles. The Kier molecular flexibility index (Phi) is 3.16. The van der Waals surface area contributed by atoms with Gasteiger partial charge in [0.05, 0.1) is 11.0 Å². The molecule has 2 aromatic heterocycles. The van der Waals surface area contributed by atoms with Crippen LogP contribution in [0.15, 0.2) is 48.8 Å². The Labute approximate surface area is 116 Å². The Hall–Kier alpha value is -2.69. The number of carbonyl (C=O) groups excluding carboxylic acids is 1. The monoisotopic (exact) mass is 266 g/mol. The number of hydrogen-bond acceptors (Lipinski definition) is 3. The Balaban J connectivity index is 2.20. The predicted molar refractivity (Wildman–Crippen MR) is 77.0 cm³/mol. The van der Waals surface area contributed by atoms with Crippen molar-refractivity contribution in [2.24, 2.45) is 0 Å². The summed E-state index contributed by atoms with van der Waals surface area (Å²) < 4.78 is 1.91. The number of nitrogens with one attached hydrogen (secondary N) is 1.